The van der Waals surface area contributed by atoms with Gasteiger partial charge < -0.3 is 16.0 Å². The fourth-order valence-electron chi connectivity index (χ4n) is 2.48. The third kappa shape index (κ3) is 3.90. The zero-order valence-corrected chi connectivity index (χ0v) is 12.0. The highest BCUT2D eigenvalue weighted by Gasteiger charge is 2.24. The van der Waals surface area contributed by atoms with E-state index in [1.165, 1.54) is 0 Å². The minimum atomic E-state index is -0.400. The number of nitrogens with two attached hydrogens (primary N) is 1. The fraction of sp³-hybridized carbons (Fsp3) is 0.643. The van der Waals surface area contributed by atoms with E-state index in [2.05, 4.69) is 20.2 Å². The second kappa shape index (κ2) is 7.19. The molecule has 0 aromatic carbocycles. The number of anilines is 1. The largest absolute Gasteiger partial charge is 0.350 e. The minimum Gasteiger partial charge on any atom is -0.350 e. The van der Waals surface area contributed by atoms with Gasteiger partial charge in [0.1, 0.15) is 0 Å². The van der Waals surface area contributed by atoms with Crippen molar-refractivity contribution in [3.05, 3.63) is 18.5 Å². The van der Waals surface area contributed by atoms with Gasteiger partial charge in [0.2, 0.25) is 11.9 Å². The number of carbonyl (C=O) groups excluding carboxylic acids is 1. The number of amides is 1. The van der Waals surface area contributed by atoms with Crippen LogP contribution in [0.4, 0.5) is 5.95 Å². The summed E-state index contributed by atoms with van der Waals surface area (Å²) in [6.07, 6.45) is 7.12. The van der Waals surface area contributed by atoms with E-state index in [4.69, 9.17) is 5.73 Å². The Hall–Kier alpha value is -1.69. The highest BCUT2D eigenvalue weighted by atomic mass is 16.2. The summed E-state index contributed by atoms with van der Waals surface area (Å²) in [5, 5.41) is 3.04. The first-order valence-corrected chi connectivity index (χ1v) is 7.28. The molecule has 1 aliphatic heterocycles. The van der Waals surface area contributed by atoms with Crippen molar-refractivity contribution in [2.75, 3.05) is 18.0 Å². The first-order chi connectivity index (χ1) is 9.70. The maximum absolute atomic E-state index is 12.0. The number of hydrogen-bond acceptors (Lipinski definition) is 5. The molecule has 6 heteroatoms. The molecule has 0 saturated carbocycles. The summed E-state index contributed by atoms with van der Waals surface area (Å²) in [5.74, 6) is 0.678. The van der Waals surface area contributed by atoms with Crippen molar-refractivity contribution >= 4 is 11.9 Å². The lowest BCUT2D eigenvalue weighted by atomic mass is 10.0. The second-order valence-corrected chi connectivity index (χ2v) is 5.24. The van der Waals surface area contributed by atoms with E-state index in [0.29, 0.717) is 0 Å². The number of hydrogen-bond donors (Lipinski definition) is 2. The molecule has 2 rings (SSSR count). The van der Waals surface area contributed by atoms with E-state index >= 15 is 0 Å². The van der Waals surface area contributed by atoms with Crippen molar-refractivity contribution in [3.63, 3.8) is 0 Å². The summed E-state index contributed by atoms with van der Waals surface area (Å²) in [4.78, 5) is 22.6. The van der Waals surface area contributed by atoms with Gasteiger partial charge in [0.05, 0.1) is 6.04 Å². The summed E-state index contributed by atoms with van der Waals surface area (Å²) in [7, 11) is 0. The van der Waals surface area contributed by atoms with E-state index in [-0.39, 0.29) is 11.9 Å². The molecule has 110 valence electrons. The smallest absolute Gasteiger partial charge is 0.237 e. The van der Waals surface area contributed by atoms with Gasteiger partial charge in [0.25, 0.3) is 0 Å². The summed E-state index contributed by atoms with van der Waals surface area (Å²) in [6.45, 7) is 3.70. The van der Waals surface area contributed by atoms with Crippen molar-refractivity contribution in [2.45, 2.75) is 44.7 Å². The summed E-state index contributed by atoms with van der Waals surface area (Å²) < 4.78 is 0. The number of nitrogens with zero attached hydrogens (tertiary/aromatic N) is 3. The first kappa shape index (κ1) is 14.7. The summed E-state index contributed by atoms with van der Waals surface area (Å²) in [5.41, 5.74) is 5.84. The Morgan fingerprint density at radius 1 is 1.55 bits per heavy atom. The highest BCUT2D eigenvalue weighted by molar-refractivity contribution is 5.81. The normalized spacial score (nSPS) is 20.5. The third-order valence-corrected chi connectivity index (χ3v) is 3.54. The average molecular weight is 277 g/mol. The number of aromatic nitrogens is 2. The Morgan fingerprint density at radius 2 is 2.30 bits per heavy atom. The monoisotopic (exact) mass is 277 g/mol. The molecule has 1 amide bonds. The average Bonchev–Trinajstić information content (AvgIpc) is 2.48. The van der Waals surface area contributed by atoms with Gasteiger partial charge in [0.15, 0.2) is 0 Å². The zero-order chi connectivity index (χ0) is 14.4. The van der Waals surface area contributed by atoms with Crippen LogP contribution in [0.2, 0.25) is 0 Å². The first-order valence-electron chi connectivity index (χ1n) is 7.28. The van der Waals surface area contributed by atoms with Gasteiger partial charge in [-0.15, -0.1) is 0 Å². The Bertz CT molecular complexity index is 425. The van der Waals surface area contributed by atoms with E-state index < -0.39 is 6.04 Å². The van der Waals surface area contributed by atoms with Crippen LogP contribution in [0.5, 0.6) is 0 Å². The second-order valence-electron chi connectivity index (χ2n) is 5.24. The van der Waals surface area contributed by atoms with Crippen LogP contribution in [0, 0.1) is 0 Å². The van der Waals surface area contributed by atoms with Gasteiger partial charge in [-0.25, -0.2) is 9.97 Å². The Morgan fingerprint density at radius 3 is 3.00 bits per heavy atom. The lowest BCUT2D eigenvalue weighted by Crippen LogP contribution is -2.52. The molecule has 0 spiro atoms. The van der Waals surface area contributed by atoms with E-state index in [1.807, 2.05) is 6.92 Å². The molecule has 2 heterocycles. The third-order valence-electron chi connectivity index (χ3n) is 3.54. The quantitative estimate of drug-likeness (QED) is 0.827. The molecule has 0 bridgehead atoms. The molecule has 2 atom stereocenters. The van der Waals surface area contributed by atoms with Gasteiger partial charge in [-0.1, -0.05) is 13.3 Å². The molecular formula is C14H23N5O. The molecule has 1 aromatic heterocycles. The van der Waals surface area contributed by atoms with Crippen LogP contribution in [0.15, 0.2) is 18.5 Å². The predicted octanol–water partition coefficient (Wildman–Crippen LogP) is 0.689. The van der Waals surface area contributed by atoms with Crippen LogP contribution in [-0.2, 0) is 4.79 Å². The Labute approximate surface area is 119 Å². The lowest BCUT2D eigenvalue weighted by Gasteiger charge is -2.33. The molecule has 1 fully saturated rings. The molecule has 1 saturated heterocycles. The number of piperidine rings is 1. The highest BCUT2D eigenvalue weighted by Crippen LogP contribution is 2.15. The maximum atomic E-state index is 12.0. The van der Waals surface area contributed by atoms with Crippen LogP contribution in [0.3, 0.4) is 0 Å². The molecule has 1 aliphatic rings. The molecule has 0 aliphatic carbocycles. The van der Waals surface area contributed by atoms with Crippen molar-refractivity contribution in [2.24, 2.45) is 5.73 Å². The van der Waals surface area contributed by atoms with Crippen molar-refractivity contribution < 1.29 is 4.79 Å². The molecule has 20 heavy (non-hydrogen) atoms. The van der Waals surface area contributed by atoms with Crippen LogP contribution in [0.1, 0.15) is 32.6 Å². The van der Waals surface area contributed by atoms with Crippen molar-refractivity contribution in [1.29, 1.82) is 0 Å². The fourth-order valence-corrected chi connectivity index (χ4v) is 2.48. The molecule has 3 N–H and O–H groups in total. The maximum Gasteiger partial charge on any atom is 0.237 e. The van der Waals surface area contributed by atoms with Gasteiger partial charge >= 0.3 is 0 Å². The topological polar surface area (TPSA) is 84.1 Å². The molecule has 1 unspecified atom stereocenters. The summed E-state index contributed by atoms with van der Waals surface area (Å²) in [6, 6.07) is 1.53. The zero-order valence-electron chi connectivity index (χ0n) is 12.0. The minimum absolute atomic E-state index is 0.0484. The Balaban J connectivity index is 1.89. The SMILES string of the molecule is CCC[C@@H](N)C(=O)NC1CCCN(c2ncccn2)C1. The predicted molar refractivity (Wildman–Crippen MR) is 78.3 cm³/mol. The Kier molecular flexibility index (Phi) is 5.29. The van der Waals surface area contributed by atoms with Gasteiger partial charge in [-0.05, 0) is 25.3 Å². The van der Waals surface area contributed by atoms with E-state index in [1.54, 1.807) is 18.5 Å². The standard InChI is InChI=1S/C14H23N5O/c1-2-5-12(15)13(20)18-11-6-3-9-19(10-11)14-16-7-4-8-17-14/h4,7-8,11-12H,2-3,5-6,9-10,15H2,1H3,(H,18,20)/t11?,12-/m1/s1. The van der Waals surface area contributed by atoms with Crippen LogP contribution >= 0.6 is 0 Å². The number of nitrogens with one attached hydrogen (secondary N) is 1. The van der Waals surface area contributed by atoms with Crippen molar-refractivity contribution in [1.82, 2.24) is 15.3 Å². The number of rotatable bonds is 5. The molecule has 1 aromatic rings. The van der Waals surface area contributed by atoms with Gasteiger partial charge in [-0.2, -0.15) is 0 Å². The van der Waals surface area contributed by atoms with Crippen LogP contribution < -0.4 is 16.0 Å². The number of carbonyl (C=O) groups is 1. The summed E-state index contributed by atoms with van der Waals surface area (Å²) >= 11 is 0. The van der Waals surface area contributed by atoms with Crippen LogP contribution in [-0.4, -0.2) is 41.0 Å². The van der Waals surface area contributed by atoms with Crippen LogP contribution in [0.25, 0.3) is 0 Å². The molecule has 0 radical (unpaired) electrons. The molecular weight excluding hydrogens is 254 g/mol. The van der Waals surface area contributed by atoms with E-state index in [9.17, 15) is 4.79 Å². The van der Waals surface area contributed by atoms with Crippen molar-refractivity contribution in [3.8, 4) is 0 Å². The lowest BCUT2D eigenvalue weighted by molar-refractivity contribution is -0.123. The van der Waals surface area contributed by atoms with E-state index in [0.717, 1.165) is 44.7 Å². The van der Waals surface area contributed by atoms with Gasteiger partial charge in [0, 0.05) is 31.5 Å². The van der Waals surface area contributed by atoms with Gasteiger partial charge in [-0.3, -0.25) is 4.79 Å². The molecule has 6 nitrogen and oxygen atoms in total.